The summed E-state index contributed by atoms with van der Waals surface area (Å²) in [5.74, 6) is -0.281. The Balaban J connectivity index is 1.95. The van der Waals surface area contributed by atoms with Crippen molar-refractivity contribution in [1.29, 1.82) is 0 Å². The average molecular weight is 370 g/mol. The number of carbonyl (C=O) groups is 2. The molecule has 1 amide bonds. The van der Waals surface area contributed by atoms with Crippen LogP contribution in [-0.2, 0) is 16.1 Å². The molecule has 1 aliphatic rings. The number of methoxy groups -OCH3 is 1. The van der Waals surface area contributed by atoms with Crippen molar-refractivity contribution >= 4 is 23.3 Å². The second kappa shape index (κ2) is 7.45. The molecule has 1 unspecified atom stereocenters. The molecule has 2 aromatic rings. The molecule has 0 aliphatic carbocycles. The zero-order chi connectivity index (χ0) is 19.6. The summed E-state index contributed by atoms with van der Waals surface area (Å²) in [6.45, 7) is 2.04. The van der Waals surface area contributed by atoms with E-state index >= 15 is 0 Å². The van der Waals surface area contributed by atoms with E-state index in [1.165, 1.54) is 30.2 Å². The Morgan fingerprint density at radius 3 is 2.56 bits per heavy atom. The molecule has 27 heavy (non-hydrogen) atoms. The van der Waals surface area contributed by atoms with Gasteiger partial charge in [0.05, 0.1) is 29.8 Å². The minimum atomic E-state index is -0.645. The number of hydrogen-bond donors (Lipinski definition) is 0. The molecule has 3 rings (SSSR count). The number of anilines is 1. The molecule has 0 fully saturated rings. The van der Waals surface area contributed by atoms with Gasteiger partial charge in [0.2, 0.25) is 0 Å². The zero-order valence-electron chi connectivity index (χ0n) is 14.9. The van der Waals surface area contributed by atoms with Gasteiger partial charge in [-0.15, -0.1) is 0 Å². The lowest BCUT2D eigenvalue weighted by molar-refractivity contribution is -0.384. The largest absolute Gasteiger partial charge is 0.478 e. The number of amides is 1. The van der Waals surface area contributed by atoms with Crippen molar-refractivity contribution in [2.24, 2.45) is 0 Å². The van der Waals surface area contributed by atoms with Gasteiger partial charge in [0.15, 0.2) is 6.10 Å². The number of rotatable bonds is 5. The van der Waals surface area contributed by atoms with Gasteiger partial charge in [0, 0.05) is 12.1 Å². The van der Waals surface area contributed by atoms with Gasteiger partial charge in [-0.05, 0) is 30.2 Å². The number of hydrogen-bond acceptors (Lipinski definition) is 6. The van der Waals surface area contributed by atoms with E-state index < -0.39 is 17.0 Å². The second-order valence-electron chi connectivity index (χ2n) is 6.04. The van der Waals surface area contributed by atoms with Crippen LogP contribution in [0.25, 0.3) is 0 Å². The number of ether oxygens (including phenoxy) is 2. The molecule has 0 aromatic heterocycles. The molecule has 1 heterocycles. The van der Waals surface area contributed by atoms with Crippen molar-refractivity contribution in [3.63, 3.8) is 0 Å². The maximum Gasteiger partial charge on any atom is 0.337 e. The zero-order valence-corrected chi connectivity index (χ0v) is 14.9. The predicted molar refractivity (Wildman–Crippen MR) is 96.8 cm³/mol. The summed E-state index contributed by atoms with van der Waals surface area (Å²) in [5, 5.41) is 11.1. The highest BCUT2D eigenvalue weighted by atomic mass is 16.6. The maximum atomic E-state index is 12.8. The fraction of sp³-hybridized carbons (Fsp3) is 0.263. The Hall–Kier alpha value is -3.42. The normalized spacial score (nSPS) is 15.7. The standard InChI is InChI=1S/C19H18N2O6/c1-3-16-18(22)20(11-12-4-6-13(7-5-12)19(23)26-2)15-10-14(21(24)25)8-9-17(15)27-16/h4-10,16H,3,11H2,1-2H3. The van der Waals surface area contributed by atoms with Crippen molar-refractivity contribution in [3.05, 3.63) is 63.7 Å². The first-order valence-electron chi connectivity index (χ1n) is 8.38. The first-order chi connectivity index (χ1) is 12.9. The highest BCUT2D eigenvalue weighted by Crippen LogP contribution is 2.38. The summed E-state index contributed by atoms with van der Waals surface area (Å²) in [6.07, 6.45) is -0.166. The number of nitrogens with zero attached hydrogens (tertiary/aromatic N) is 2. The minimum Gasteiger partial charge on any atom is -0.478 e. The number of non-ortho nitro benzene ring substituents is 1. The molecular formula is C19H18N2O6. The summed E-state index contributed by atoms with van der Waals surface area (Å²) < 4.78 is 10.4. The summed E-state index contributed by atoms with van der Waals surface area (Å²) >= 11 is 0. The van der Waals surface area contributed by atoms with Crippen LogP contribution in [0.5, 0.6) is 5.75 Å². The van der Waals surface area contributed by atoms with Crippen LogP contribution in [0, 0.1) is 10.1 Å². The lowest BCUT2D eigenvalue weighted by atomic mass is 10.1. The number of benzene rings is 2. The molecule has 0 N–H and O–H groups in total. The highest BCUT2D eigenvalue weighted by Gasteiger charge is 2.34. The Morgan fingerprint density at radius 2 is 1.96 bits per heavy atom. The van der Waals surface area contributed by atoms with Gasteiger partial charge in [0.1, 0.15) is 5.75 Å². The molecule has 1 atom stereocenters. The lowest BCUT2D eigenvalue weighted by Crippen LogP contribution is -2.45. The summed E-state index contributed by atoms with van der Waals surface area (Å²) in [4.78, 5) is 36.4. The molecule has 8 nitrogen and oxygen atoms in total. The van der Waals surface area contributed by atoms with Crippen LogP contribution in [-0.4, -0.2) is 30.0 Å². The highest BCUT2D eigenvalue weighted by molar-refractivity contribution is 6.00. The van der Waals surface area contributed by atoms with Gasteiger partial charge in [-0.25, -0.2) is 4.79 Å². The molecule has 0 spiro atoms. The molecular weight excluding hydrogens is 352 g/mol. The molecule has 0 saturated heterocycles. The predicted octanol–water partition coefficient (Wildman–Crippen LogP) is 3.09. The van der Waals surface area contributed by atoms with E-state index in [1.54, 1.807) is 24.3 Å². The molecule has 0 bridgehead atoms. The number of fused-ring (bicyclic) bond motifs is 1. The van der Waals surface area contributed by atoms with Gasteiger partial charge in [0.25, 0.3) is 11.6 Å². The average Bonchev–Trinajstić information content (AvgIpc) is 2.69. The van der Waals surface area contributed by atoms with E-state index in [4.69, 9.17) is 4.74 Å². The molecule has 140 valence electrons. The van der Waals surface area contributed by atoms with E-state index in [1.807, 2.05) is 6.92 Å². The van der Waals surface area contributed by atoms with Crippen molar-refractivity contribution in [3.8, 4) is 5.75 Å². The van der Waals surface area contributed by atoms with Gasteiger partial charge < -0.3 is 14.4 Å². The third kappa shape index (κ3) is 3.59. The van der Waals surface area contributed by atoms with Crippen LogP contribution < -0.4 is 9.64 Å². The Labute approximate surface area is 155 Å². The fourth-order valence-electron chi connectivity index (χ4n) is 2.89. The Kier molecular flexibility index (Phi) is 5.07. The number of esters is 1. The van der Waals surface area contributed by atoms with Gasteiger partial charge in [-0.1, -0.05) is 19.1 Å². The van der Waals surface area contributed by atoms with E-state index in [0.29, 0.717) is 23.4 Å². The minimum absolute atomic E-state index is 0.119. The van der Waals surface area contributed by atoms with Crippen LogP contribution in [0.2, 0.25) is 0 Å². The van der Waals surface area contributed by atoms with Gasteiger partial charge >= 0.3 is 5.97 Å². The molecule has 0 saturated carbocycles. The third-order valence-corrected chi connectivity index (χ3v) is 4.34. The SMILES string of the molecule is CCC1Oc2ccc([N+](=O)[O-])cc2N(Cc2ccc(C(=O)OC)cc2)C1=O. The van der Waals surface area contributed by atoms with Crippen molar-refractivity contribution in [2.45, 2.75) is 26.0 Å². The number of nitro groups is 1. The smallest absolute Gasteiger partial charge is 0.337 e. The van der Waals surface area contributed by atoms with E-state index in [0.717, 1.165) is 5.56 Å². The quantitative estimate of drug-likeness (QED) is 0.456. The first kappa shape index (κ1) is 18.4. The number of nitro benzene ring substituents is 1. The van der Waals surface area contributed by atoms with Crippen LogP contribution in [0.1, 0.15) is 29.3 Å². The summed E-state index contributed by atoms with van der Waals surface area (Å²) in [5.41, 5.74) is 1.41. The van der Waals surface area contributed by atoms with Crippen LogP contribution >= 0.6 is 0 Å². The van der Waals surface area contributed by atoms with Gasteiger partial charge in [-0.3, -0.25) is 14.9 Å². The monoisotopic (exact) mass is 370 g/mol. The maximum absolute atomic E-state index is 12.8. The lowest BCUT2D eigenvalue weighted by Gasteiger charge is -2.34. The van der Waals surface area contributed by atoms with Crippen molar-refractivity contribution in [1.82, 2.24) is 0 Å². The van der Waals surface area contributed by atoms with Crippen LogP contribution in [0.15, 0.2) is 42.5 Å². The van der Waals surface area contributed by atoms with Crippen LogP contribution in [0.4, 0.5) is 11.4 Å². The van der Waals surface area contributed by atoms with Crippen molar-refractivity contribution < 1.29 is 24.0 Å². The third-order valence-electron chi connectivity index (χ3n) is 4.34. The molecule has 1 aliphatic heterocycles. The molecule has 0 radical (unpaired) electrons. The second-order valence-corrected chi connectivity index (χ2v) is 6.04. The van der Waals surface area contributed by atoms with Gasteiger partial charge in [-0.2, -0.15) is 0 Å². The summed E-state index contributed by atoms with van der Waals surface area (Å²) in [6, 6.07) is 10.8. The number of carbonyl (C=O) groups excluding carboxylic acids is 2. The van der Waals surface area contributed by atoms with E-state index in [2.05, 4.69) is 4.74 Å². The van der Waals surface area contributed by atoms with Crippen molar-refractivity contribution in [2.75, 3.05) is 12.0 Å². The summed E-state index contributed by atoms with van der Waals surface area (Å²) in [7, 11) is 1.30. The van der Waals surface area contributed by atoms with Crippen LogP contribution in [0.3, 0.4) is 0 Å². The van der Waals surface area contributed by atoms with E-state index in [9.17, 15) is 19.7 Å². The first-order valence-corrected chi connectivity index (χ1v) is 8.38. The molecule has 8 heteroatoms. The fourth-order valence-corrected chi connectivity index (χ4v) is 2.89. The topological polar surface area (TPSA) is 99.0 Å². The molecule has 2 aromatic carbocycles. The Bertz CT molecular complexity index is 894. The Morgan fingerprint density at radius 1 is 1.26 bits per heavy atom. The van der Waals surface area contributed by atoms with E-state index in [-0.39, 0.29) is 18.1 Å².